The summed E-state index contributed by atoms with van der Waals surface area (Å²) in [6.45, 7) is 3.81. The van der Waals surface area contributed by atoms with Crippen LogP contribution in [0, 0.1) is 6.92 Å². The number of thiophene rings is 1. The van der Waals surface area contributed by atoms with Gasteiger partial charge < -0.3 is 19.7 Å². The molecule has 1 aromatic carbocycles. The molecule has 8 heteroatoms. The van der Waals surface area contributed by atoms with Gasteiger partial charge in [-0.2, -0.15) is 0 Å². The lowest BCUT2D eigenvalue weighted by atomic mass is 10.1. The van der Waals surface area contributed by atoms with E-state index in [-0.39, 0.29) is 12.0 Å². The summed E-state index contributed by atoms with van der Waals surface area (Å²) in [6.07, 6.45) is 0.977. The summed E-state index contributed by atoms with van der Waals surface area (Å²) in [4.78, 5) is 20.8. The number of hydrogen-bond acceptors (Lipinski definition) is 7. The molecule has 1 saturated heterocycles. The number of nitrogens with zero attached hydrogens (tertiary/aromatic N) is 2. The third kappa shape index (κ3) is 4.14. The van der Waals surface area contributed by atoms with Gasteiger partial charge in [0, 0.05) is 32.6 Å². The van der Waals surface area contributed by atoms with Crippen molar-refractivity contribution in [1.29, 1.82) is 0 Å². The van der Waals surface area contributed by atoms with E-state index in [0.29, 0.717) is 18.0 Å². The van der Waals surface area contributed by atoms with Crippen LogP contribution in [0.2, 0.25) is 0 Å². The third-order valence-electron chi connectivity index (χ3n) is 4.53. The molecule has 148 valence electrons. The topological polar surface area (TPSA) is 63.7 Å². The van der Waals surface area contributed by atoms with Gasteiger partial charge in [-0.3, -0.25) is 4.79 Å². The summed E-state index contributed by atoms with van der Waals surface area (Å²) < 4.78 is 12.5. The fraction of sp³-hybridized carbons (Fsp3) is 0.400. The summed E-state index contributed by atoms with van der Waals surface area (Å²) in [5.41, 5.74) is 2.10. The molecule has 6 nitrogen and oxygen atoms in total. The van der Waals surface area contributed by atoms with Crippen LogP contribution in [0.15, 0.2) is 24.3 Å². The summed E-state index contributed by atoms with van der Waals surface area (Å²) in [5.74, 6) is 0.734. The number of benzene rings is 1. The molecule has 1 N–H and O–H groups in total. The first-order chi connectivity index (χ1) is 13.5. The van der Waals surface area contributed by atoms with Crippen molar-refractivity contribution >= 4 is 43.2 Å². The van der Waals surface area contributed by atoms with Crippen LogP contribution in [0.3, 0.4) is 0 Å². The number of aromatic nitrogens is 1. The van der Waals surface area contributed by atoms with Crippen LogP contribution in [-0.2, 0) is 11.3 Å². The van der Waals surface area contributed by atoms with Gasteiger partial charge in [-0.15, -0.1) is 11.3 Å². The number of anilines is 1. The second-order valence-electron chi connectivity index (χ2n) is 7.07. The Labute approximate surface area is 172 Å². The zero-order chi connectivity index (χ0) is 19.7. The number of nitrogens with one attached hydrogen (secondary N) is 1. The lowest BCUT2D eigenvalue weighted by Gasteiger charge is -2.16. The van der Waals surface area contributed by atoms with Gasteiger partial charge in [0.15, 0.2) is 5.13 Å². The van der Waals surface area contributed by atoms with Crippen LogP contribution < -0.4 is 15.0 Å². The van der Waals surface area contributed by atoms with E-state index in [1.165, 1.54) is 11.3 Å². The quantitative estimate of drug-likeness (QED) is 0.660. The Morgan fingerprint density at radius 2 is 2.21 bits per heavy atom. The van der Waals surface area contributed by atoms with E-state index in [0.717, 1.165) is 44.6 Å². The van der Waals surface area contributed by atoms with Crippen molar-refractivity contribution in [3.05, 3.63) is 40.3 Å². The average Bonchev–Trinajstić information content (AvgIpc) is 3.36. The van der Waals surface area contributed by atoms with E-state index in [9.17, 15) is 4.79 Å². The van der Waals surface area contributed by atoms with Crippen molar-refractivity contribution in [3.63, 3.8) is 0 Å². The second-order valence-corrected chi connectivity index (χ2v) is 9.11. The fourth-order valence-corrected chi connectivity index (χ4v) is 5.04. The van der Waals surface area contributed by atoms with Gasteiger partial charge in [0.2, 0.25) is 0 Å². The summed E-state index contributed by atoms with van der Waals surface area (Å²) in [6, 6.07) is 7.99. The summed E-state index contributed by atoms with van der Waals surface area (Å²) in [7, 11) is 3.93. The molecule has 1 amide bonds. The predicted molar refractivity (Wildman–Crippen MR) is 114 cm³/mol. The first kappa shape index (κ1) is 19.2. The first-order valence-corrected chi connectivity index (χ1v) is 10.8. The molecule has 1 aliphatic heterocycles. The molecule has 3 heterocycles. The molecule has 28 heavy (non-hydrogen) atoms. The van der Waals surface area contributed by atoms with Crippen LogP contribution in [0.25, 0.3) is 9.53 Å². The molecule has 1 unspecified atom stereocenters. The smallest absolute Gasteiger partial charge is 0.261 e. The molecule has 0 bridgehead atoms. The molecule has 0 saturated carbocycles. The monoisotopic (exact) mass is 417 g/mol. The number of amides is 1. The van der Waals surface area contributed by atoms with Crippen molar-refractivity contribution in [3.8, 4) is 5.75 Å². The van der Waals surface area contributed by atoms with E-state index in [4.69, 9.17) is 9.47 Å². The highest BCUT2D eigenvalue weighted by Crippen LogP contribution is 2.34. The number of aryl methyl sites for hydroxylation is 1. The maximum absolute atomic E-state index is 12.6. The zero-order valence-electron chi connectivity index (χ0n) is 16.2. The van der Waals surface area contributed by atoms with Crippen molar-refractivity contribution < 1.29 is 14.3 Å². The fourth-order valence-electron chi connectivity index (χ4n) is 2.99. The van der Waals surface area contributed by atoms with Crippen molar-refractivity contribution in [2.75, 3.05) is 32.2 Å². The minimum Gasteiger partial charge on any atom is -0.488 e. The molecule has 2 aromatic heterocycles. The van der Waals surface area contributed by atoms with E-state index in [2.05, 4.69) is 10.3 Å². The largest absolute Gasteiger partial charge is 0.488 e. The lowest BCUT2D eigenvalue weighted by Crippen LogP contribution is -2.23. The number of carbonyl (C=O) groups is 1. The van der Waals surface area contributed by atoms with Gasteiger partial charge in [-0.1, -0.05) is 23.5 Å². The molecule has 3 aromatic rings. The molecular formula is C20H23N3O3S2. The number of fused-ring (bicyclic) bond motifs is 1. The van der Waals surface area contributed by atoms with E-state index in [1.807, 2.05) is 50.2 Å². The highest BCUT2D eigenvalue weighted by molar-refractivity contribution is 7.29. The molecule has 1 aliphatic rings. The van der Waals surface area contributed by atoms with Crippen LogP contribution in [0.1, 0.15) is 27.2 Å². The average molecular weight is 418 g/mol. The number of thiazole rings is 1. The highest BCUT2D eigenvalue weighted by Gasteiger charge is 2.19. The third-order valence-corrected chi connectivity index (χ3v) is 6.86. The van der Waals surface area contributed by atoms with Crippen molar-refractivity contribution in [2.45, 2.75) is 26.0 Å². The van der Waals surface area contributed by atoms with Gasteiger partial charge in [-0.05, 0) is 24.6 Å². The zero-order valence-corrected chi connectivity index (χ0v) is 17.8. The van der Waals surface area contributed by atoms with Crippen LogP contribution in [0.4, 0.5) is 5.13 Å². The number of ether oxygens (including phenoxy) is 2. The molecular weight excluding hydrogens is 394 g/mol. The highest BCUT2D eigenvalue weighted by atomic mass is 32.1. The van der Waals surface area contributed by atoms with Gasteiger partial charge in [0.1, 0.15) is 16.7 Å². The van der Waals surface area contributed by atoms with Crippen LogP contribution >= 0.6 is 22.7 Å². The first-order valence-electron chi connectivity index (χ1n) is 9.19. The van der Waals surface area contributed by atoms with Gasteiger partial charge in [-0.25, -0.2) is 4.98 Å². The minimum absolute atomic E-state index is 0.0808. The number of hydrogen-bond donors (Lipinski definition) is 1. The summed E-state index contributed by atoms with van der Waals surface area (Å²) in [5, 5.41) is 3.96. The molecule has 0 radical (unpaired) electrons. The minimum atomic E-state index is -0.0858. The normalized spacial score (nSPS) is 16.5. The number of rotatable bonds is 6. The maximum atomic E-state index is 12.6. The second kappa shape index (κ2) is 8.06. The van der Waals surface area contributed by atoms with E-state index in [1.54, 1.807) is 11.3 Å². The number of carbonyl (C=O) groups excluding carboxylic acids is 1. The van der Waals surface area contributed by atoms with Crippen LogP contribution in [-0.4, -0.2) is 44.3 Å². The Morgan fingerprint density at radius 1 is 1.36 bits per heavy atom. The maximum Gasteiger partial charge on any atom is 0.261 e. The van der Waals surface area contributed by atoms with Crippen LogP contribution in [0.5, 0.6) is 5.75 Å². The predicted octanol–water partition coefficient (Wildman–Crippen LogP) is 3.83. The Hall–Kier alpha value is -2.16. The Bertz CT molecular complexity index is 958. The Kier molecular flexibility index (Phi) is 5.52. The standard InChI is InChI=1S/C20H23N3O3S2/c1-12-4-5-13(15(8-12)26-14-6-7-25-11-14)10-21-18(24)16-9-17-19(27-16)22-20(28-17)23(2)3/h4-5,8-9,14H,6-7,10-11H2,1-3H3,(H,21,24). The van der Waals surface area contributed by atoms with Gasteiger partial charge in [0.05, 0.1) is 22.8 Å². The molecule has 1 atom stereocenters. The van der Waals surface area contributed by atoms with Crippen molar-refractivity contribution in [1.82, 2.24) is 10.3 Å². The molecule has 1 fully saturated rings. The van der Waals surface area contributed by atoms with Gasteiger partial charge >= 0.3 is 0 Å². The van der Waals surface area contributed by atoms with E-state index < -0.39 is 0 Å². The van der Waals surface area contributed by atoms with Gasteiger partial charge in [0.25, 0.3) is 5.91 Å². The Balaban J connectivity index is 1.45. The molecule has 0 spiro atoms. The van der Waals surface area contributed by atoms with E-state index >= 15 is 0 Å². The lowest BCUT2D eigenvalue weighted by molar-refractivity contribution is 0.0954. The van der Waals surface area contributed by atoms with Crippen molar-refractivity contribution in [2.24, 2.45) is 0 Å². The summed E-state index contributed by atoms with van der Waals surface area (Å²) >= 11 is 3.02. The molecule has 4 rings (SSSR count). The molecule has 0 aliphatic carbocycles. The SMILES string of the molecule is Cc1ccc(CNC(=O)c2cc3sc(N(C)C)nc3s2)c(OC2CCOC2)c1. The Morgan fingerprint density at radius 3 is 2.93 bits per heavy atom.